The lowest BCUT2D eigenvalue weighted by molar-refractivity contribution is -0.384. The number of halogens is 1. The van der Waals surface area contributed by atoms with Gasteiger partial charge in [-0.2, -0.15) is 0 Å². The number of amides is 1. The predicted molar refractivity (Wildman–Crippen MR) is 129 cm³/mol. The van der Waals surface area contributed by atoms with Gasteiger partial charge in [-0.3, -0.25) is 14.9 Å². The Labute approximate surface area is 196 Å². The molecule has 0 spiro atoms. The zero-order valence-electron chi connectivity index (χ0n) is 17.8. The van der Waals surface area contributed by atoms with E-state index < -0.39 is 10.8 Å². The molecule has 1 amide bonds. The van der Waals surface area contributed by atoms with E-state index in [1.54, 1.807) is 12.1 Å². The summed E-state index contributed by atoms with van der Waals surface area (Å²) in [5.74, 6) is -0.421. The number of hydrogen-bond acceptors (Lipinski definition) is 6. The molecular formula is C24H23ClN4O4. The van der Waals surface area contributed by atoms with Gasteiger partial charge in [0.15, 0.2) is 0 Å². The summed E-state index contributed by atoms with van der Waals surface area (Å²) in [6, 6.07) is 19.1. The number of morpholine rings is 1. The largest absolute Gasteiger partial charge is 0.378 e. The lowest BCUT2D eigenvalue weighted by Gasteiger charge is -2.28. The molecule has 3 aromatic rings. The number of hydrogen-bond donors (Lipinski definition) is 2. The second kappa shape index (κ2) is 10.3. The summed E-state index contributed by atoms with van der Waals surface area (Å²) in [4.78, 5) is 26.0. The number of anilines is 3. The molecule has 0 unspecified atom stereocenters. The van der Waals surface area contributed by atoms with Crippen LogP contribution >= 0.6 is 11.6 Å². The van der Waals surface area contributed by atoms with Gasteiger partial charge in [-0.25, -0.2) is 0 Å². The van der Waals surface area contributed by atoms with Crippen LogP contribution < -0.4 is 15.5 Å². The molecule has 8 nitrogen and oxygen atoms in total. The Bertz CT molecular complexity index is 1150. The molecule has 1 saturated heterocycles. The number of nitro benzene ring substituents is 1. The Morgan fingerprint density at radius 2 is 1.79 bits per heavy atom. The van der Waals surface area contributed by atoms with E-state index in [2.05, 4.69) is 15.5 Å². The Morgan fingerprint density at radius 1 is 1.06 bits per heavy atom. The third kappa shape index (κ3) is 5.60. The Balaban J connectivity index is 1.44. The van der Waals surface area contributed by atoms with Crippen LogP contribution in [-0.2, 0) is 11.3 Å². The van der Waals surface area contributed by atoms with Gasteiger partial charge < -0.3 is 20.3 Å². The first-order valence-corrected chi connectivity index (χ1v) is 10.9. The highest BCUT2D eigenvalue weighted by Crippen LogP contribution is 2.28. The number of carbonyl (C=O) groups is 1. The average Bonchev–Trinajstić information content (AvgIpc) is 2.84. The molecule has 9 heteroatoms. The van der Waals surface area contributed by atoms with E-state index in [1.165, 1.54) is 12.1 Å². The van der Waals surface area contributed by atoms with Crippen molar-refractivity contribution >= 4 is 40.3 Å². The highest BCUT2D eigenvalue weighted by atomic mass is 35.5. The maximum absolute atomic E-state index is 12.7. The number of nitrogens with zero attached hydrogens (tertiary/aromatic N) is 2. The molecule has 0 aliphatic carbocycles. The summed E-state index contributed by atoms with van der Waals surface area (Å²) >= 11 is 6.16. The summed E-state index contributed by atoms with van der Waals surface area (Å²) in [7, 11) is 0. The minimum absolute atomic E-state index is 0.183. The first-order chi connectivity index (χ1) is 16.0. The Morgan fingerprint density at radius 3 is 2.48 bits per heavy atom. The molecule has 0 radical (unpaired) electrons. The topological polar surface area (TPSA) is 96.7 Å². The van der Waals surface area contributed by atoms with E-state index in [9.17, 15) is 14.9 Å². The van der Waals surface area contributed by atoms with E-state index in [0.717, 1.165) is 24.3 Å². The summed E-state index contributed by atoms with van der Waals surface area (Å²) in [6.45, 7) is 3.36. The molecule has 1 aliphatic rings. The van der Waals surface area contributed by atoms with Crippen molar-refractivity contribution in [2.45, 2.75) is 6.54 Å². The second-order valence-electron chi connectivity index (χ2n) is 7.53. The highest BCUT2D eigenvalue weighted by Gasteiger charge is 2.18. The van der Waals surface area contributed by atoms with Crippen LogP contribution in [-0.4, -0.2) is 37.1 Å². The normalized spacial score (nSPS) is 13.4. The monoisotopic (exact) mass is 466 g/mol. The molecule has 0 aromatic heterocycles. The zero-order chi connectivity index (χ0) is 23.2. The molecule has 2 N–H and O–H groups in total. The number of nitro groups is 1. The van der Waals surface area contributed by atoms with Gasteiger partial charge in [-0.05, 0) is 48.0 Å². The predicted octanol–water partition coefficient (Wildman–Crippen LogP) is 4.95. The number of carbonyl (C=O) groups excluding carboxylic acids is 1. The Kier molecular flexibility index (Phi) is 7.07. The van der Waals surface area contributed by atoms with Gasteiger partial charge in [0.2, 0.25) is 0 Å². The Hall–Kier alpha value is -3.62. The number of benzene rings is 3. The number of nitrogens with one attached hydrogen (secondary N) is 2. The lowest BCUT2D eigenvalue weighted by Crippen LogP contribution is -2.36. The fourth-order valence-corrected chi connectivity index (χ4v) is 3.79. The quantitative estimate of drug-likeness (QED) is 0.378. The van der Waals surface area contributed by atoms with Gasteiger partial charge in [-0.15, -0.1) is 0 Å². The van der Waals surface area contributed by atoms with Crippen molar-refractivity contribution < 1.29 is 14.5 Å². The third-order valence-corrected chi connectivity index (χ3v) is 5.75. The van der Waals surface area contributed by atoms with E-state index in [-0.39, 0.29) is 11.3 Å². The van der Waals surface area contributed by atoms with Crippen LogP contribution in [0.2, 0.25) is 5.02 Å². The van der Waals surface area contributed by atoms with Crippen LogP contribution in [0.5, 0.6) is 0 Å². The third-order valence-electron chi connectivity index (χ3n) is 5.39. The van der Waals surface area contributed by atoms with Crippen LogP contribution in [0, 0.1) is 10.1 Å². The van der Waals surface area contributed by atoms with Crippen molar-refractivity contribution in [2.24, 2.45) is 0 Å². The molecular weight excluding hydrogens is 444 g/mol. The SMILES string of the molecule is O=C(Nc1ccc(N2CCOCC2)cc1)c1ccc(NCc2ccccc2Cl)c([N+](=O)[O-])c1. The fourth-order valence-electron chi connectivity index (χ4n) is 3.59. The summed E-state index contributed by atoms with van der Waals surface area (Å²) in [5.41, 5.74) is 2.81. The molecule has 33 heavy (non-hydrogen) atoms. The van der Waals surface area contributed by atoms with E-state index in [1.807, 2.05) is 42.5 Å². The second-order valence-corrected chi connectivity index (χ2v) is 7.94. The first kappa shape index (κ1) is 22.6. The van der Waals surface area contributed by atoms with Gasteiger partial charge in [0, 0.05) is 47.7 Å². The van der Waals surface area contributed by atoms with Gasteiger partial charge in [0.1, 0.15) is 5.69 Å². The summed E-state index contributed by atoms with van der Waals surface area (Å²) < 4.78 is 5.37. The van der Waals surface area contributed by atoms with Crippen molar-refractivity contribution in [1.29, 1.82) is 0 Å². The zero-order valence-corrected chi connectivity index (χ0v) is 18.5. The molecule has 4 rings (SSSR count). The number of ether oxygens (including phenoxy) is 1. The molecule has 0 bridgehead atoms. The molecule has 170 valence electrons. The van der Waals surface area contributed by atoms with Crippen molar-refractivity contribution in [1.82, 2.24) is 0 Å². The number of rotatable bonds is 7. The van der Waals surface area contributed by atoms with E-state index >= 15 is 0 Å². The lowest BCUT2D eigenvalue weighted by atomic mass is 10.1. The maximum Gasteiger partial charge on any atom is 0.293 e. The summed E-state index contributed by atoms with van der Waals surface area (Å²) in [5, 5.41) is 18.0. The van der Waals surface area contributed by atoms with Crippen LogP contribution in [0.15, 0.2) is 66.7 Å². The van der Waals surface area contributed by atoms with Crippen molar-refractivity contribution in [3.63, 3.8) is 0 Å². The maximum atomic E-state index is 12.7. The van der Waals surface area contributed by atoms with Gasteiger partial charge >= 0.3 is 0 Å². The van der Waals surface area contributed by atoms with Crippen molar-refractivity contribution in [2.75, 3.05) is 41.8 Å². The molecule has 0 atom stereocenters. The van der Waals surface area contributed by atoms with Crippen molar-refractivity contribution in [3.05, 3.63) is 93.0 Å². The first-order valence-electron chi connectivity index (χ1n) is 10.5. The molecule has 0 saturated carbocycles. The van der Waals surface area contributed by atoms with E-state index in [0.29, 0.717) is 36.2 Å². The van der Waals surface area contributed by atoms with Gasteiger partial charge in [-0.1, -0.05) is 29.8 Å². The highest BCUT2D eigenvalue weighted by molar-refractivity contribution is 6.31. The summed E-state index contributed by atoms with van der Waals surface area (Å²) in [6.07, 6.45) is 0. The molecule has 1 fully saturated rings. The minimum atomic E-state index is -0.511. The van der Waals surface area contributed by atoms with Crippen LogP contribution in [0.1, 0.15) is 15.9 Å². The van der Waals surface area contributed by atoms with Crippen LogP contribution in [0.3, 0.4) is 0 Å². The van der Waals surface area contributed by atoms with Gasteiger partial charge in [0.25, 0.3) is 11.6 Å². The van der Waals surface area contributed by atoms with Crippen molar-refractivity contribution in [3.8, 4) is 0 Å². The van der Waals surface area contributed by atoms with Gasteiger partial charge in [0.05, 0.1) is 18.1 Å². The fraction of sp³-hybridized carbons (Fsp3) is 0.208. The standard InChI is InChI=1S/C24H23ClN4O4/c25-21-4-2-1-3-18(21)16-26-22-10-5-17(15-23(22)29(31)32)24(30)27-19-6-8-20(9-7-19)28-11-13-33-14-12-28/h1-10,15,26H,11-14,16H2,(H,27,30). The minimum Gasteiger partial charge on any atom is -0.378 e. The molecule has 1 heterocycles. The average molecular weight is 467 g/mol. The molecule has 1 aliphatic heterocycles. The van der Waals surface area contributed by atoms with E-state index in [4.69, 9.17) is 16.3 Å². The van der Waals surface area contributed by atoms with Crippen LogP contribution in [0.4, 0.5) is 22.7 Å². The molecule has 3 aromatic carbocycles. The smallest absolute Gasteiger partial charge is 0.293 e. The van der Waals surface area contributed by atoms with Crippen LogP contribution in [0.25, 0.3) is 0 Å².